The van der Waals surface area contributed by atoms with Gasteiger partial charge in [-0.3, -0.25) is 0 Å². The Kier molecular flexibility index (Phi) is 3.76. The third-order valence-corrected chi connectivity index (χ3v) is 3.36. The van der Waals surface area contributed by atoms with Gasteiger partial charge in [-0.1, -0.05) is 15.9 Å². The summed E-state index contributed by atoms with van der Waals surface area (Å²) in [6.45, 7) is 5.80. The minimum atomic E-state index is 0.246. The Morgan fingerprint density at radius 2 is 2.12 bits per heavy atom. The van der Waals surface area contributed by atoms with Crippen LogP contribution in [-0.2, 0) is 10.1 Å². The van der Waals surface area contributed by atoms with Crippen LogP contribution in [0.1, 0.15) is 19.4 Å². The van der Waals surface area contributed by atoms with E-state index in [2.05, 4.69) is 44.6 Å². The number of morpholine rings is 1. The molecule has 1 saturated heterocycles. The van der Waals surface area contributed by atoms with Gasteiger partial charge in [0.25, 0.3) is 0 Å². The molecule has 16 heavy (non-hydrogen) atoms. The molecule has 0 spiro atoms. The Labute approximate surface area is 104 Å². The van der Waals surface area contributed by atoms with Gasteiger partial charge in [0.2, 0.25) is 5.95 Å². The molecule has 0 N–H and O–H groups in total. The first-order valence-electron chi connectivity index (χ1n) is 5.46. The number of ether oxygens (including phenoxy) is 1. The fourth-order valence-corrected chi connectivity index (χ4v) is 2.04. The van der Waals surface area contributed by atoms with Crippen molar-refractivity contribution in [2.75, 3.05) is 18.1 Å². The highest BCUT2D eigenvalue weighted by molar-refractivity contribution is 9.08. The average molecular weight is 286 g/mol. The molecule has 2 unspecified atom stereocenters. The van der Waals surface area contributed by atoms with Crippen LogP contribution in [0.2, 0.25) is 0 Å². The third kappa shape index (κ3) is 2.52. The molecule has 1 fully saturated rings. The molecule has 0 bridgehead atoms. The van der Waals surface area contributed by atoms with E-state index in [1.807, 2.05) is 12.4 Å². The fourth-order valence-electron chi connectivity index (χ4n) is 1.75. The summed E-state index contributed by atoms with van der Waals surface area (Å²) >= 11 is 3.39. The Balaban J connectivity index is 2.15. The van der Waals surface area contributed by atoms with E-state index in [0.29, 0.717) is 6.04 Å². The van der Waals surface area contributed by atoms with Crippen LogP contribution in [0.3, 0.4) is 0 Å². The predicted molar refractivity (Wildman–Crippen MR) is 66.9 cm³/mol. The highest BCUT2D eigenvalue weighted by Gasteiger charge is 2.25. The molecule has 2 heterocycles. The Morgan fingerprint density at radius 3 is 2.75 bits per heavy atom. The first kappa shape index (κ1) is 11.8. The summed E-state index contributed by atoms with van der Waals surface area (Å²) in [5.41, 5.74) is 1.10. The van der Waals surface area contributed by atoms with E-state index in [-0.39, 0.29) is 6.10 Å². The molecule has 0 radical (unpaired) electrons. The second kappa shape index (κ2) is 5.10. The van der Waals surface area contributed by atoms with E-state index in [9.17, 15) is 0 Å². The van der Waals surface area contributed by atoms with Gasteiger partial charge in [-0.15, -0.1) is 0 Å². The summed E-state index contributed by atoms with van der Waals surface area (Å²) in [5, 5.41) is 0.794. The van der Waals surface area contributed by atoms with Crippen LogP contribution >= 0.6 is 15.9 Å². The molecule has 4 nitrogen and oxygen atoms in total. The highest BCUT2D eigenvalue weighted by atomic mass is 79.9. The Morgan fingerprint density at radius 1 is 1.44 bits per heavy atom. The fraction of sp³-hybridized carbons (Fsp3) is 0.636. The maximum absolute atomic E-state index is 5.58. The molecule has 88 valence electrons. The lowest BCUT2D eigenvalue weighted by molar-refractivity contribution is 0.0337. The number of halogens is 1. The molecular formula is C11H16BrN3O. The number of anilines is 1. The topological polar surface area (TPSA) is 38.2 Å². The van der Waals surface area contributed by atoms with Gasteiger partial charge >= 0.3 is 0 Å². The number of hydrogen-bond acceptors (Lipinski definition) is 4. The van der Waals surface area contributed by atoms with Crippen molar-refractivity contribution in [3.8, 4) is 0 Å². The van der Waals surface area contributed by atoms with E-state index in [1.54, 1.807) is 0 Å². The summed E-state index contributed by atoms with van der Waals surface area (Å²) in [7, 11) is 0. The SMILES string of the molecule is CC1CN(c2ncc(CBr)cn2)C(C)CO1. The molecule has 5 heteroatoms. The molecule has 0 amide bonds. The van der Waals surface area contributed by atoms with Gasteiger partial charge in [-0.2, -0.15) is 0 Å². The zero-order chi connectivity index (χ0) is 11.5. The zero-order valence-electron chi connectivity index (χ0n) is 9.56. The van der Waals surface area contributed by atoms with Crippen LogP contribution in [0.5, 0.6) is 0 Å². The van der Waals surface area contributed by atoms with Crippen LogP contribution in [0.4, 0.5) is 5.95 Å². The molecule has 1 aromatic rings. The zero-order valence-corrected chi connectivity index (χ0v) is 11.1. The van der Waals surface area contributed by atoms with E-state index >= 15 is 0 Å². The van der Waals surface area contributed by atoms with Crippen molar-refractivity contribution in [1.29, 1.82) is 0 Å². The maximum Gasteiger partial charge on any atom is 0.225 e. The molecular weight excluding hydrogens is 270 g/mol. The van der Waals surface area contributed by atoms with Crippen molar-refractivity contribution in [2.24, 2.45) is 0 Å². The van der Waals surface area contributed by atoms with Crippen molar-refractivity contribution in [1.82, 2.24) is 9.97 Å². The van der Waals surface area contributed by atoms with Crippen LogP contribution < -0.4 is 4.90 Å². The lowest BCUT2D eigenvalue weighted by Crippen LogP contribution is -2.48. The van der Waals surface area contributed by atoms with Gasteiger partial charge in [0.15, 0.2) is 0 Å². The monoisotopic (exact) mass is 285 g/mol. The standard InChI is InChI=1S/C11H16BrN3O/c1-8-7-16-9(2)6-15(8)11-13-4-10(3-12)5-14-11/h4-5,8-9H,3,6-7H2,1-2H3. The molecule has 2 atom stereocenters. The first-order valence-corrected chi connectivity index (χ1v) is 6.58. The molecule has 1 aliphatic heterocycles. The normalized spacial score (nSPS) is 25.8. The van der Waals surface area contributed by atoms with Gasteiger partial charge in [-0.05, 0) is 19.4 Å². The maximum atomic E-state index is 5.58. The lowest BCUT2D eigenvalue weighted by Gasteiger charge is -2.36. The largest absolute Gasteiger partial charge is 0.375 e. The van der Waals surface area contributed by atoms with Crippen molar-refractivity contribution < 1.29 is 4.74 Å². The summed E-state index contributed by atoms with van der Waals surface area (Å²) in [6, 6.07) is 0.339. The molecule has 0 aromatic carbocycles. The minimum Gasteiger partial charge on any atom is -0.375 e. The number of nitrogens with zero attached hydrogens (tertiary/aromatic N) is 3. The van der Waals surface area contributed by atoms with Crippen LogP contribution in [-0.4, -0.2) is 35.3 Å². The summed E-state index contributed by atoms with van der Waals surface area (Å²) in [5.74, 6) is 0.798. The van der Waals surface area contributed by atoms with Crippen molar-refractivity contribution in [2.45, 2.75) is 31.3 Å². The van der Waals surface area contributed by atoms with Gasteiger partial charge < -0.3 is 9.64 Å². The summed E-state index contributed by atoms with van der Waals surface area (Å²) in [4.78, 5) is 11.0. The highest BCUT2D eigenvalue weighted by Crippen LogP contribution is 2.17. The summed E-state index contributed by atoms with van der Waals surface area (Å²) in [6.07, 6.45) is 3.98. The van der Waals surface area contributed by atoms with Crippen molar-refractivity contribution >= 4 is 21.9 Å². The van der Waals surface area contributed by atoms with Gasteiger partial charge in [-0.25, -0.2) is 9.97 Å². The van der Waals surface area contributed by atoms with E-state index in [0.717, 1.165) is 30.0 Å². The molecule has 1 aromatic heterocycles. The van der Waals surface area contributed by atoms with Crippen molar-refractivity contribution in [3.63, 3.8) is 0 Å². The first-order chi connectivity index (χ1) is 7.70. The molecule has 1 aliphatic rings. The smallest absolute Gasteiger partial charge is 0.225 e. The van der Waals surface area contributed by atoms with Crippen LogP contribution in [0.15, 0.2) is 12.4 Å². The van der Waals surface area contributed by atoms with Gasteiger partial charge in [0.05, 0.1) is 18.8 Å². The Bertz CT molecular complexity index is 344. The summed E-state index contributed by atoms with van der Waals surface area (Å²) < 4.78 is 5.58. The van der Waals surface area contributed by atoms with Crippen LogP contribution in [0, 0.1) is 0 Å². The van der Waals surface area contributed by atoms with E-state index in [4.69, 9.17) is 4.74 Å². The lowest BCUT2D eigenvalue weighted by atomic mass is 10.2. The van der Waals surface area contributed by atoms with E-state index < -0.39 is 0 Å². The number of rotatable bonds is 2. The molecule has 2 rings (SSSR count). The van der Waals surface area contributed by atoms with Gasteiger partial charge in [0.1, 0.15) is 0 Å². The molecule has 0 aliphatic carbocycles. The molecule has 0 saturated carbocycles. The predicted octanol–water partition coefficient (Wildman–Crippen LogP) is 1.99. The average Bonchev–Trinajstić information content (AvgIpc) is 2.32. The van der Waals surface area contributed by atoms with Crippen LogP contribution in [0.25, 0.3) is 0 Å². The number of alkyl halides is 1. The quantitative estimate of drug-likeness (QED) is 0.779. The number of aromatic nitrogens is 2. The second-order valence-electron chi connectivity index (χ2n) is 4.17. The second-order valence-corrected chi connectivity index (χ2v) is 4.73. The number of hydrogen-bond donors (Lipinski definition) is 0. The Hall–Kier alpha value is -0.680. The van der Waals surface area contributed by atoms with E-state index in [1.165, 1.54) is 0 Å². The minimum absolute atomic E-state index is 0.246. The van der Waals surface area contributed by atoms with Gasteiger partial charge in [0, 0.05) is 24.3 Å². The van der Waals surface area contributed by atoms with Crippen molar-refractivity contribution in [3.05, 3.63) is 18.0 Å². The third-order valence-electron chi connectivity index (χ3n) is 2.71.